The van der Waals surface area contributed by atoms with Crippen molar-refractivity contribution in [1.29, 1.82) is 5.26 Å². The minimum absolute atomic E-state index is 0.156. The quantitative estimate of drug-likeness (QED) is 0.734. The molecule has 2 heterocycles. The molecule has 0 bridgehead atoms. The van der Waals surface area contributed by atoms with E-state index in [4.69, 9.17) is 23.2 Å². The molecule has 2 aromatic rings. The summed E-state index contributed by atoms with van der Waals surface area (Å²) in [4.78, 5) is 15.7. The minimum atomic E-state index is -0.460. The number of carbonyl (C=O) groups excluding carboxylic acids is 1. The van der Waals surface area contributed by atoms with Crippen molar-refractivity contribution in [3.8, 4) is 6.07 Å². The van der Waals surface area contributed by atoms with Crippen LogP contribution < -0.4 is 5.32 Å². The summed E-state index contributed by atoms with van der Waals surface area (Å²) in [5.74, 6) is -0.529. The van der Waals surface area contributed by atoms with Crippen LogP contribution in [0.2, 0.25) is 10.0 Å². The highest BCUT2D eigenvalue weighted by molar-refractivity contribution is 6.45. The number of fused-ring (bicyclic) bond motifs is 3. The van der Waals surface area contributed by atoms with Gasteiger partial charge in [0.1, 0.15) is 5.69 Å². The molecule has 1 aliphatic carbocycles. The Hall–Kier alpha value is -1.70. The molecular formula is C17H15Cl2N3O. The number of hydrogen-bond donors (Lipinski definition) is 2. The first-order valence-corrected chi connectivity index (χ1v) is 8.55. The van der Waals surface area contributed by atoms with E-state index < -0.39 is 5.54 Å². The van der Waals surface area contributed by atoms with Crippen molar-refractivity contribution in [2.75, 3.05) is 0 Å². The van der Waals surface area contributed by atoms with Crippen LogP contribution in [-0.4, -0.2) is 16.4 Å². The number of carbonyl (C=O) groups is 1. The van der Waals surface area contributed by atoms with E-state index in [0.29, 0.717) is 21.3 Å². The monoisotopic (exact) mass is 347 g/mol. The fourth-order valence-corrected chi connectivity index (χ4v) is 4.49. The predicted molar refractivity (Wildman–Crippen MR) is 90.0 cm³/mol. The van der Waals surface area contributed by atoms with E-state index in [2.05, 4.69) is 16.4 Å². The molecule has 1 atom stereocenters. The molecule has 4 nitrogen and oxygen atoms in total. The molecule has 2 N–H and O–H groups in total. The van der Waals surface area contributed by atoms with Crippen LogP contribution in [0.4, 0.5) is 0 Å². The number of nitriles is 1. The first-order chi connectivity index (χ1) is 11.1. The van der Waals surface area contributed by atoms with E-state index in [9.17, 15) is 10.1 Å². The Kier molecular flexibility index (Phi) is 3.33. The molecule has 1 aromatic carbocycles. The van der Waals surface area contributed by atoms with Gasteiger partial charge in [-0.1, -0.05) is 48.5 Å². The van der Waals surface area contributed by atoms with Gasteiger partial charge < -0.3 is 10.3 Å². The lowest BCUT2D eigenvalue weighted by Gasteiger charge is -2.44. The summed E-state index contributed by atoms with van der Waals surface area (Å²) in [7, 11) is 0. The van der Waals surface area contributed by atoms with Crippen LogP contribution >= 0.6 is 23.2 Å². The third kappa shape index (κ3) is 2.00. The van der Waals surface area contributed by atoms with Gasteiger partial charge in [0.15, 0.2) is 0 Å². The van der Waals surface area contributed by atoms with Crippen molar-refractivity contribution in [1.82, 2.24) is 10.3 Å². The number of nitrogens with zero attached hydrogens (tertiary/aromatic N) is 1. The Morgan fingerprint density at radius 3 is 2.65 bits per heavy atom. The molecule has 1 aliphatic heterocycles. The highest BCUT2D eigenvalue weighted by atomic mass is 35.5. The summed E-state index contributed by atoms with van der Waals surface area (Å²) in [5.41, 5.74) is 1.38. The zero-order valence-corrected chi connectivity index (χ0v) is 13.9. The van der Waals surface area contributed by atoms with Crippen molar-refractivity contribution >= 4 is 40.0 Å². The van der Waals surface area contributed by atoms with E-state index in [1.165, 1.54) is 0 Å². The van der Waals surface area contributed by atoms with Gasteiger partial charge in [0.25, 0.3) is 5.91 Å². The number of amides is 1. The number of nitrogens with one attached hydrogen (secondary N) is 2. The SMILES string of the molecule is N#CC1c2c([nH]c3c(Cl)c(Cl)ccc23)C(=O)NC12CCCCC2. The molecule has 1 amide bonds. The van der Waals surface area contributed by atoms with E-state index in [0.717, 1.165) is 43.1 Å². The molecule has 23 heavy (non-hydrogen) atoms. The van der Waals surface area contributed by atoms with Gasteiger partial charge in [0, 0.05) is 10.9 Å². The lowest BCUT2D eigenvalue weighted by molar-refractivity contribution is 0.0824. The summed E-state index contributed by atoms with van der Waals surface area (Å²) < 4.78 is 0. The number of aromatic amines is 1. The van der Waals surface area contributed by atoms with Gasteiger partial charge in [0.2, 0.25) is 0 Å². The van der Waals surface area contributed by atoms with Crippen LogP contribution in [0.5, 0.6) is 0 Å². The molecule has 1 saturated carbocycles. The van der Waals surface area contributed by atoms with Gasteiger partial charge >= 0.3 is 0 Å². The van der Waals surface area contributed by atoms with Crippen molar-refractivity contribution in [2.45, 2.75) is 43.6 Å². The number of H-pyrrole nitrogens is 1. The minimum Gasteiger partial charge on any atom is -0.349 e. The molecule has 0 saturated heterocycles. The van der Waals surface area contributed by atoms with Crippen LogP contribution in [0.1, 0.15) is 54.1 Å². The Morgan fingerprint density at radius 2 is 1.96 bits per heavy atom. The Balaban J connectivity index is 1.99. The first kappa shape index (κ1) is 14.9. The Bertz CT molecular complexity index is 859. The second-order valence-electron chi connectivity index (χ2n) is 6.43. The van der Waals surface area contributed by atoms with Crippen molar-refractivity contribution in [3.05, 3.63) is 33.4 Å². The van der Waals surface area contributed by atoms with E-state index in [1.807, 2.05) is 6.07 Å². The van der Waals surface area contributed by atoms with Gasteiger partial charge in [-0.25, -0.2) is 0 Å². The summed E-state index contributed by atoms with van der Waals surface area (Å²) in [6.07, 6.45) is 4.89. The zero-order chi connectivity index (χ0) is 16.2. The highest BCUT2D eigenvalue weighted by Gasteiger charge is 2.48. The summed E-state index contributed by atoms with van der Waals surface area (Å²) in [6.45, 7) is 0. The molecule has 6 heteroatoms. The lowest BCUT2D eigenvalue weighted by Crippen LogP contribution is -2.56. The summed E-state index contributed by atoms with van der Waals surface area (Å²) in [6, 6.07) is 6.01. The van der Waals surface area contributed by atoms with Gasteiger partial charge in [-0.15, -0.1) is 0 Å². The molecule has 0 radical (unpaired) electrons. The van der Waals surface area contributed by atoms with Crippen LogP contribution in [-0.2, 0) is 0 Å². The summed E-state index contributed by atoms with van der Waals surface area (Å²) in [5, 5.41) is 14.6. The highest BCUT2D eigenvalue weighted by Crippen LogP contribution is 2.47. The van der Waals surface area contributed by atoms with Gasteiger partial charge in [-0.3, -0.25) is 4.79 Å². The third-order valence-electron chi connectivity index (χ3n) is 5.21. The summed E-state index contributed by atoms with van der Waals surface area (Å²) >= 11 is 12.4. The van der Waals surface area contributed by atoms with E-state index in [-0.39, 0.29) is 11.8 Å². The number of aromatic nitrogens is 1. The standard InChI is InChI=1S/C17H15Cl2N3O/c18-11-5-4-9-12-10(8-20)17(6-2-1-3-7-17)22-16(23)15(12)21-14(9)13(11)19/h4-5,10,21H,1-3,6-7H2,(H,22,23). The number of benzene rings is 1. The second kappa shape index (κ2) is 5.15. The third-order valence-corrected chi connectivity index (χ3v) is 6.01. The fraction of sp³-hybridized carbons (Fsp3) is 0.412. The number of halogens is 2. The maximum atomic E-state index is 12.7. The molecule has 1 spiro atoms. The average Bonchev–Trinajstić information content (AvgIpc) is 2.93. The van der Waals surface area contributed by atoms with Crippen molar-refractivity contribution in [3.63, 3.8) is 0 Å². The van der Waals surface area contributed by atoms with Crippen molar-refractivity contribution < 1.29 is 4.79 Å². The molecule has 1 aromatic heterocycles. The van der Waals surface area contributed by atoms with E-state index in [1.54, 1.807) is 6.07 Å². The van der Waals surface area contributed by atoms with Gasteiger partial charge in [-0.2, -0.15) is 5.26 Å². The largest absolute Gasteiger partial charge is 0.349 e. The second-order valence-corrected chi connectivity index (χ2v) is 7.22. The fourth-order valence-electron chi connectivity index (χ4n) is 4.12. The molecule has 1 fully saturated rings. The molecular weight excluding hydrogens is 333 g/mol. The number of rotatable bonds is 0. The lowest BCUT2D eigenvalue weighted by atomic mass is 9.68. The molecule has 1 unspecified atom stereocenters. The van der Waals surface area contributed by atoms with Crippen LogP contribution in [0.3, 0.4) is 0 Å². The molecule has 118 valence electrons. The maximum Gasteiger partial charge on any atom is 0.268 e. The predicted octanol–water partition coefficient (Wildman–Crippen LogP) is 4.53. The topological polar surface area (TPSA) is 68.7 Å². The average molecular weight is 348 g/mol. The Labute approximate surface area is 143 Å². The van der Waals surface area contributed by atoms with Crippen LogP contribution in [0.15, 0.2) is 12.1 Å². The zero-order valence-electron chi connectivity index (χ0n) is 12.4. The normalized spacial score (nSPS) is 22.7. The number of hydrogen-bond acceptors (Lipinski definition) is 2. The maximum absolute atomic E-state index is 12.7. The van der Waals surface area contributed by atoms with Crippen molar-refractivity contribution in [2.24, 2.45) is 0 Å². The smallest absolute Gasteiger partial charge is 0.268 e. The van der Waals surface area contributed by atoms with E-state index >= 15 is 0 Å². The molecule has 4 rings (SSSR count). The molecule has 2 aliphatic rings. The van der Waals surface area contributed by atoms with Crippen LogP contribution in [0.25, 0.3) is 10.9 Å². The van der Waals surface area contributed by atoms with Crippen LogP contribution in [0, 0.1) is 11.3 Å². The van der Waals surface area contributed by atoms with Gasteiger partial charge in [0.05, 0.1) is 33.1 Å². The first-order valence-electron chi connectivity index (χ1n) is 7.79. The van der Waals surface area contributed by atoms with Gasteiger partial charge in [-0.05, 0) is 18.9 Å². The Morgan fingerprint density at radius 1 is 1.22 bits per heavy atom.